The van der Waals surface area contributed by atoms with E-state index in [1.807, 2.05) is 17.7 Å². The maximum atomic E-state index is 11.5. The zero-order chi connectivity index (χ0) is 10.7. The van der Waals surface area contributed by atoms with Crippen molar-refractivity contribution < 1.29 is 4.79 Å². The molecule has 0 saturated heterocycles. The van der Waals surface area contributed by atoms with Crippen molar-refractivity contribution in [2.24, 2.45) is 0 Å². The molecule has 1 aromatic heterocycles. The number of nitrogens with one attached hydrogen (secondary N) is 2. The van der Waals surface area contributed by atoms with Crippen molar-refractivity contribution in [1.82, 2.24) is 20.4 Å². The SMILES string of the molecule is CCNC(=O)c1cc2n(n1)CCCNC2. The third-order valence-corrected chi connectivity index (χ3v) is 2.46. The van der Waals surface area contributed by atoms with E-state index in [-0.39, 0.29) is 5.91 Å². The predicted octanol–water partition coefficient (Wildman–Crippen LogP) is 0.126. The minimum absolute atomic E-state index is 0.0851. The summed E-state index contributed by atoms with van der Waals surface area (Å²) in [5, 5.41) is 10.3. The molecule has 1 amide bonds. The summed E-state index contributed by atoms with van der Waals surface area (Å²) in [6.45, 7) is 5.24. The average Bonchev–Trinajstić information content (AvgIpc) is 2.51. The Morgan fingerprint density at radius 3 is 3.40 bits per heavy atom. The first-order chi connectivity index (χ1) is 7.31. The van der Waals surface area contributed by atoms with Crippen molar-refractivity contribution in [3.05, 3.63) is 17.5 Å². The topological polar surface area (TPSA) is 59.0 Å². The molecule has 1 aliphatic rings. The Hall–Kier alpha value is -1.36. The number of rotatable bonds is 2. The fraction of sp³-hybridized carbons (Fsp3) is 0.600. The van der Waals surface area contributed by atoms with Crippen LogP contribution in [-0.4, -0.2) is 28.8 Å². The van der Waals surface area contributed by atoms with E-state index < -0.39 is 0 Å². The number of fused-ring (bicyclic) bond motifs is 1. The minimum Gasteiger partial charge on any atom is -0.351 e. The second-order valence-corrected chi connectivity index (χ2v) is 3.63. The van der Waals surface area contributed by atoms with E-state index in [0.717, 1.165) is 31.7 Å². The summed E-state index contributed by atoms with van der Waals surface area (Å²) >= 11 is 0. The molecule has 2 heterocycles. The molecule has 0 unspecified atom stereocenters. The summed E-state index contributed by atoms with van der Waals surface area (Å²) in [5.41, 5.74) is 1.62. The van der Waals surface area contributed by atoms with Crippen molar-refractivity contribution in [1.29, 1.82) is 0 Å². The first-order valence-electron chi connectivity index (χ1n) is 5.37. The van der Waals surface area contributed by atoms with Gasteiger partial charge in [-0.05, 0) is 26.0 Å². The van der Waals surface area contributed by atoms with Gasteiger partial charge in [0, 0.05) is 19.6 Å². The number of nitrogens with zero attached hydrogens (tertiary/aromatic N) is 2. The molecular formula is C10H16N4O. The molecule has 2 rings (SSSR count). The van der Waals surface area contributed by atoms with Crippen molar-refractivity contribution in [3.8, 4) is 0 Å². The fourth-order valence-electron chi connectivity index (χ4n) is 1.72. The van der Waals surface area contributed by atoms with Gasteiger partial charge in [-0.15, -0.1) is 0 Å². The van der Waals surface area contributed by atoms with Crippen molar-refractivity contribution in [2.75, 3.05) is 13.1 Å². The van der Waals surface area contributed by atoms with E-state index in [2.05, 4.69) is 15.7 Å². The lowest BCUT2D eigenvalue weighted by Crippen LogP contribution is -2.23. The molecule has 15 heavy (non-hydrogen) atoms. The van der Waals surface area contributed by atoms with Crippen LogP contribution in [0.15, 0.2) is 6.07 Å². The minimum atomic E-state index is -0.0851. The lowest BCUT2D eigenvalue weighted by atomic mass is 10.3. The van der Waals surface area contributed by atoms with Gasteiger partial charge in [-0.25, -0.2) is 0 Å². The normalized spacial score (nSPS) is 15.5. The molecular weight excluding hydrogens is 192 g/mol. The number of amides is 1. The van der Waals surface area contributed by atoms with E-state index in [1.165, 1.54) is 0 Å². The first kappa shape index (κ1) is 10.2. The van der Waals surface area contributed by atoms with E-state index in [9.17, 15) is 4.79 Å². The third-order valence-electron chi connectivity index (χ3n) is 2.46. The monoisotopic (exact) mass is 208 g/mol. The van der Waals surface area contributed by atoms with Gasteiger partial charge >= 0.3 is 0 Å². The second-order valence-electron chi connectivity index (χ2n) is 3.63. The predicted molar refractivity (Wildman–Crippen MR) is 56.6 cm³/mol. The van der Waals surface area contributed by atoms with Gasteiger partial charge in [-0.3, -0.25) is 9.48 Å². The van der Waals surface area contributed by atoms with Gasteiger partial charge in [0.2, 0.25) is 0 Å². The highest BCUT2D eigenvalue weighted by Gasteiger charge is 2.14. The Morgan fingerprint density at radius 2 is 2.60 bits per heavy atom. The van der Waals surface area contributed by atoms with Crippen LogP contribution in [0.1, 0.15) is 29.5 Å². The van der Waals surface area contributed by atoms with Crippen molar-refractivity contribution >= 4 is 5.91 Å². The summed E-state index contributed by atoms with van der Waals surface area (Å²) in [4.78, 5) is 11.5. The van der Waals surface area contributed by atoms with Gasteiger partial charge in [-0.2, -0.15) is 5.10 Å². The summed E-state index contributed by atoms with van der Waals surface area (Å²) in [6.07, 6.45) is 1.06. The van der Waals surface area contributed by atoms with Crippen LogP contribution in [-0.2, 0) is 13.1 Å². The molecule has 5 heteroatoms. The fourth-order valence-corrected chi connectivity index (χ4v) is 1.72. The van der Waals surface area contributed by atoms with Crippen LogP contribution in [0.3, 0.4) is 0 Å². The first-order valence-corrected chi connectivity index (χ1v) is 5.37. The van der Waals surface area contributed by atoms with E-state index in [4.69, 9.17) is 0 Å². The van der Waals surface area contributed by atoms with Crippen LogP contribution < -0.4 is 10.6 Å². The van der Waals surface area contributed by atoms with Crippen LogP contribution in [0, 0.1) is 0 Å². The Balaban J connectivity index is 2.18. The number of aromatic nitrogens is 2. The Kier molecular flexibility index (Phi) is 3.01. The van der Waals surface area contributed by atoms with E-state index in [1.54, 1.807) is 0 Å². The molecule has 2 N–H and O–H groups in total. The van der Waals surface area contributed by atoms with Crippen LogP contribution in [0.2, 0.25) is 0 Å². The van der Waals surface area contributed by atoms with Gasteiger partial charge in [0.25, 0.3) is 5.91 Å². The van der Waals surface area contributed by atoms with Crippen LogP contribution in [0.4, 0.5) is 0 Å². The van der Waals surface area contributed by atoms with Gasteiger partial charge in [-0.1, -0.05) is 0 Å². The van der Waals surface area contributed by atoms with Crippen LogP contribution >= 0.6 is 0 Å². The molecule has 0 aliphatic carbocycles. The lowest BCUT2D eigenvalue weighted by Gasteiger charge is -1.99. The molecule has 0 aromatic carbocycles. The van der Waals surface area contributed by atoms with Crippen molar-refractivity contribution in [3.63, 3.8) is 0 Å². The lowest BCUT2D eigenvalue weighted by molar-refractivity contribution is 0.0950. The molecule has 0 atom stereocenters. The smallest absolute Gasteiger partial charge is 0.271 e. The molecule has 0 saturated carbocycles. The molecule has 1 aromatic rings. The highest BCUT2D eigenvalue weighted by Crippen LogP contribution is 2.08. The Labute approximate surface area is 88.8 Å². The highest BCUT2D eigenvalue weighted by molar-refractivity contribution is 5.92. The molecule has 0 spiro atoms. The zero-order valence-electron chi connectivity index (χ0n) is 8.92. The van der Waals surface area contributed by atoms with Crippen LogP contribution in [0.5, 0.6) is 0 Å². The van der Waals surface area contributed by atoms with Gasteiger partial charge < -0.3 is 10.6 Å². The maximum absolute atomic E-state index is 11.5. The molecule has 0 bridgehead atoms. The Bertz CT molecular complexity index is 335. The van der Waals surface area contributed by atoms with E-state index in [0.29, 0.717) is 12.2 Å². The maximum Gasteiger partial charge on any atom is 0.271 e. The number of hydrogen-bond acceptors (Lipinski definition) is 3. The molecule has 82 valence electrons. The summed E-state index contributed by atoms with van der Waals surface area (Å²) < 4.78 is 1.92. The second kappa shape index (κ2) is 4.44. The van der Waals surface area contributed by atoms with Gasteiger partial charge in [0.05, 0.1) is 5.69 Å². The quantitative estimate of drug-likeness (QED) is 0.726. The standard InChI is InChI=1S/C10H16N4O/c1-2-12-10(15)9-6-8-7-11-4-3-5-14(8)13-9/h6,11H,2-5,7H2,1H3,(H,12,15). The number of aryl methyl sites for hydroxylation is 1. The van der Waals surface area contributed by atoms with Crippen LogP contribution in [0.25, 0.3) is 0 Å². The number of carbonyl (C=O) groups excluding carboxylic acids is 1. The molecule has 1 aliphatic heterocycles. The summed E-state index contributed by atoms with van der Waals surface area (Å²) in [7, 11) is 0. The highest BCUT2D eigenvalue weighted by atomic mass is 16.1. The Morgan fingerprint density at radius 1 is 1.73 bits per heavy atom. The number of carbonyl (C=O) groups is 1. The number of hydrogen-bond donors (Lipinski definition) is 2. The van der Waals surface area contributed by atoms with Crippen molar-refractivity contribution in [2.45, 2.75) is 26.4 Å². The third kappa shape index (κ3) is 2.18. The molecule has 0 radical (unpaired) electrons. The van der Waals surface area contributed by atoms with Gasteiger partial charge in [0.1, 0.15) is 5.69 Å². The zero-order valence-corrected chi connectivity index (χ0v) is 8.92. The molecule has 5 nitrogen and oxygen atoms in total. The van der Waals surface area contributed by atoms with E-state index >= 15 is 0 Å². The largest absolute Gasteiger partial charge is 0.351 e. The summed E-state index contributed by atoms with van der Waals surface area (Å²) in [6, 6.07) is 1.86. The van der Waals surface area contributed by atoms with Gasteiger partial charge in [0.15, 0.2) is 0 Å². The summed E-state index contributed by atoms with van der Waals surface area (Å²) in [5.74, 6) is -0.0851. The average molecular weight is 208 g/mol. The molecule has 0 fully saturated rings.